The van der Waals surface area contributed by atoms with E-state index >= 15 is 0 Å². The van der Waals surface area contributed by atoms with Crippen molar-refractivity contribution < 1.29 is 12.8 Å². The number of rotatable bonds is 4. The molecule has 2 aromatic rings. The first kappa shape index (κ1) is 14.4. The van der Waals surface area contributed by atoms with Crippen molar-refractivity contribution in [3.8, 4) is 0 Å². The molecular formula is C11H10BrFN2O2S2. The molecule has 0 fully saturated rings. The number of nitrogens with one attached hydrogen (secondary N) is 1. The molecule has 3 N–H and O–H groups in total. The highest BCUT2D eigenvalue weighted by Gasteiger charge is 2.19. The van der Waals surface area contributed by atoms with Crippen LogP contribution >= 0.6 is 27.3 Å². The second-order valence-electron chi connectivity index (χ2n) is 3.71. The van der Waals surface area contributed by atoms with E-state index in [2.05, 4.69) is 20.7 Å². The second kappa shape index (κ2) is 5.58. The van der Waals surface area contributed by atoms with Crippen molar-refractivity contribution in [3.05, 3.63) is 44.8 Å². The van der Waals surface area contributed by atoms with Gasteiger partial charge >= 0.3 is 0 Å². The maximum Gasteiger partial charge on any atom is 0.243 e. The lowest BCUT2D eigenvalue weighted by Crippen LogP contribution is -2.24. The lowest BCUT2D eigenvalue weighted by Gasteiger charge is -2.08. The first-order chi connectivity index (χ1) is 8.90. The SMILES string of the molecule is Nc1ccc(F)c(S(=O)(=O)NCc2sccc2Br)c1. The van der Waals surface area contributed by atoms with Gasteiger partial charge in [-0.1, -0.05) is 0 Å². The fourth-order valence-corrected chi connectivity index (χ4v) is 4.04. The van der Waals surface area contributed by atoms with Crippen molar-refractivity contribution >= 4 is 43.0 Å². The number of halogens is 2. The summed E-state index contributed by atoms with van der Waals surface area (Å²) in [7, 11) is -3.93. The van der Waals surface area contributed by atoms with Gasteiger partial charge in [-0.05, 0) is 45.6 Å². The molecule has 1 aromatic carbocycles. The lowest BCUT2D eigenvalue weighted by molar-refractivity contribution is 0.557. The predicted octanol–water partition coefficient (Wildman–Crippen LogP) is 2.71. The smallest absolute Gasteiger partial charge is 0.243 e. The standard InChI is InChI=1S/C11H10BrFN2O2S2/c12-8-3-4-18-10(8)6-15-19(16,17)11-5-7(14)1-2-9(11)13/h1-5,15H,6,14H2. The Morgan fingerprint density at radius 3 is 2.74 bits per heavy atom. The van der Waals surface area contributed by atoms with Crippen LogP contribution in [0.1, 0.15) is 4.88 Å². The molecule has 0 aliphatic heterocycles. The molecule has 0 radical (unpaired) electrons. The minimum atomic E-state index is -3.93. The van der Waals surface area contributed by atoms with E-state index in [1.54, 1.807) is 0 Å². The van der Waals surface area contributed by atoms with Crippen LogP contribution in [0, 0.1) is 5.82 Å². The normalized spacial score (nSPS) is 11.7. The summed E-state index contributed by atoms with van der Waals surface area (Å²) in [6.45, 7) is 0.0921. The molecule has 1 heterocycles. The summed E-state index contributed by atoms with van der Waals surface area (Å²) in [6, 6.07) is 5.26. The first-order valence-electron chi connectivity index (χ1n) is 5.17. The molecule has 0 saturated heterocycles. The average molecular weight is 365 g/mol. The third kappa shape index (κ3) is 3.33. The van der Waals surface area contributed by atoms with Gasteiger partial charge in [0.2, 0.25) is 10.0 Å². The van der Waals surface area contributed by atoms with E-state index in [-0.39, 0.29) is 12.2 Å². The average Bonchev–Trinajstić information content (AvgIpc) is 2.75. The molecule has 0 atom stereocenters. The van der Waals surface area contributed by atoms with Gasteiger partial charge in [0.15, 0.2) is 0 Å². The number of nitrogen functional groups attached to an aromatic ring is 1. The monoisotopic (exact) mass is 364 g/mol. The summed E-state index contributed by atoms with van der Waals surface area (Å²) >= 11 is 4.70. The number of hydrogen-bond acceptors (Lipinski definition) is 4. The largest absolute Gasteiger partial charge is 0.399 e. The van der Waals surface area contributed by atoms with Crippen LogP contribution in [0.3, 0.4) is 0 Å². The minimum absolute atomic E-state index is 0.0921. The molecule has 102 valence electrons. The molecule has 0 bridgehead atoms. The zero-order valence-corrected chi connectivity index (χ0v) is 12.8. The highest BCUT2D eigenvalue weighted by atomic mass is 79.9. The Balaban J connectivity index is 2.23. The van der Waals surface area contributed by atoms with Crippen molar-refractivity contribution in [2.75, 3.05) is 5.73 Å². The minimum Gasteiger partial charge on any atom is -0.399 e. The van der Waals surface area contributed by atoms with Gasteiger partial charge in [0, 0.05) is 21.6 Å². The van der Waals surface area contributed by atoms with Gasteiger partial charge in [0.05, 0.1) is 0 Å². The van der Waals surface area contributed by atoms with Gasteiger partial charge < -0.3 is 5.73 Å². The van der Waals surface area contributed by atoms with Crippen LogP contribution in [-0.2, 0) is 16.6 Å². The van der Waals surface area contributed by atoms with Gasteiger partial charge in [-0.2, -0.15) is 0 Å². The zero-order chi connectivity index (χ0) is 14.0. The first-order valence-corrected chi connectivity index (χ1v) is 8.32. The van der Waals surface area contributed by atoms with Gasteiger partial charge in [-0.3, -0.25) is 0 Å². The van der Waals surface area contributed by atoms with E-state index in [1.807, 2.05) is 11.4 Å². The number of nitrogens with two attached hydrogens (primary N) is 1. The topological polar surface area (TPSA) is 72.2 Å². The molecular weight excluding hydrogens is 355 g/mol. The van der Waals surface area contributed by atoms with E-state index in [0.717, 1.165) is 21.5 Å². The van der Waals surface area contributed by atoms with Gasteiger partial charge in [0.25, 0.3) is 0 Å². The Kier molecular flexibility index (Phi) is 4.24. The molecule has 0 spiro atoms. The highest BCUT2D eigenvalue weighted by molar-refractivity contribution is 9.10. The summed E-state index contributed by atoms with van der Waals surface area (Å²) < 4.78 is 40.7. The second-order valence-corrected chi connectivity index (χ2v) is 7.30. The number of hydrogen-bond donors (Lipinski definition) is 2. The fraction of sp³-hybridized carbons (Fsp3) is 0.0909. The van der Waals surface area contributed by atoms with Crippen molar-refractivity contribution in [1.29, 1.82) is 0 Å². The molecule has 0 aliphatic carbocycles. The van der Waals surface area contributed by atoms with Gasteiger partial charge in [-0.25, -0.2) is 17.5 Å². The Morgan fingerprint density at radius 1 is 1.37 bits per heavy atom. The van der Waals surface area contributed by atoms with Crippen LogP contribution < -0.4 is 10.5 Å². The third-order valence-electron chi connectivity index (χ3n) is 2.36. The van der Waals surface area contributed by atoms with E-state index in [4.69, 9.17) is 5.73 Å². The number of thiophene rings is 1. The highest BCUT2D eigenvalue weighted by Crippen LogP contribution is 2.23. The molecule has 0 aliphatic rings. The molecule has 4 nitrogen and oxygen atoms in total. The van der Waals surface area contributed by atoms with Crippen molar-refractivity contribution in [2.24, 2.45) is 0 Å². The van der Waals surface area contributed by atoms with E-state index in [0.29, 0.717) is 0 Å². The van der Waals surface area contributed by atoms with Crippen LogP contribution in [0.25, 0.3) is 0 Å². The summed E-state index contributed by atoms with van der Waals surface area (Å²) in [4.78, 5) is 0.369. The zero-order valence-electron chi connectivity index (χ0n) is 9.56. The van der Waals surface area contributed by atoms with Crippen LogP contribution in [0.2, 0.25) is 0 Å². The van der Waals surface area contributed by atoms with Crippen LogP contribution in [-0.4, -0.2) is 8.42 Å². The van der Waals surface area contributed by atoms with Crippen LogP contribution in [0.15, 0.2) is 39.0 Å². The molecule has 0 saturated carbocycles. The number of sulfonamides is 1. The Morgan fingerprint density at radius 2 is 2.11 bits per heavy atom. The Bertz CT molecular complexity index is 700. The summed E-state index contributed by atoms with van der Waals surface area (Å²) in [5.41, 5.74) is 5.67. The van der Waals surface area contributed by atoms with E-state index in [1.165, 1.54) is 17.4 Å². The maximum atomic E-state index is 13.5. The summed E-state index contributed by atoms with van der Waals surface area (Å²) in [6.07, 6.45) is 0. The van der Waals surface area contributed by atoms with Gasteiger partial charge in [-0.15, -0.1) is 11.3 Å². The van der Waals surface area contributed by atoms with Crippen molar-refractivity contribution in [3.63, 3.8) is 0 Å². The Hall–Kier alpha value is -0.960. The van der Waals surface area contributed by atoms with Gasteiger partial charge in [0.1, 0.15) is 10.7 Å². The van der Waals surface area contributed by atoms with E-state index < -0.39 is 20.7 Å². The molecule has 2 rings (SSSR count). The predicted molar refractivity (Wildman–Crippen MR) is 76.9 cm³/mol. The lowest BCUT2D eigenvalue weighted by atomic mass is 10.3. The van der Waals surface area contributed by atoms with Crippen LogP contribution in [0.5, 0.6) is 0 Å². The van der Waals surface area contributed by atoms with Crippen LogP contribution in [0.4, 0.5) is 10.1 Å². The molecule has 1 aromatic heterocycles. The molecule has 8 heteroatoms. The van der Waals surface area contributed by atoms with E-state index in [9.17, 15) is 12.8 Å². The van der Waals surface area contributed by atoms with Crippen molar-refractivity contribution in [1.82, 2.24) is 4.72 Å². The number of benzene rings is 1. The molecule has 19 heavy (non-hydrogen) atoms. The quantitative estimate of drug-likeness (QED) is 0.819. The maximum absolute atomic E-state index is 13.5. The molecule has 0 unspecified atom stereocenters. The summed E-state index contributed by atoms with van der Waals surface area (Å²) in [5.74, 6) is -0.827. The Labute approximate surface area is 122 Å². The number of anilines is 1. The summed E-state index contributed by atoms with van der Waals surface area (Å²) in [5, 5.41) is 1.83. The molecule has 0 amide bonds. The third-order valence-corrected chi connectivity index (χ3v) is 5.70. The van der Waals surface area contributed by atoms with Crippen molar-refractivity contribution in [2.45, 2.75) is 11.4 Å². The fourth-order valence-electron chi connectivity index (χ4n) is 1.42.